The van der Waals surface area contributed by atoms with Crippen LogP contribution in [0.2, 0.25) is 0 Å². The molecule has 0 aliphatic carbocycles. The Balaban J connectivity index is 1.42. The van der Waals surface area contributed by atoms with Crippen molar-refractivity contribution < 1.29 is 24.0 Å². The second kappa shape index (κ2) is 14.8. The maximum absolute atomic E-state index is 13.9. The van der Waals surface area contributed by atoms with Crippen molar-refractivity contribution >= 4 is 29.5 Å². The summed E-state index contributed by atoms with van der Waals surface area (Å²) in [7, 11) is 0. The monoisotopic (exact) mass is 589 g/mol. The van der Waals surface area contributed by atoms with Gasteiger partial charge in [0.25, 0.3) is 0 Å². The summed E-state index contributed by atoms with van der Waals surface area (Å²) in [6.45, 7) is 5.44. The van der Waals surface area contributed by atoms with Crippen LogP contribution in [0.3, 0.4) is 0 Å². The van der Waals surface area contributed by atoms with Crippen LogP contribution in [0.15, 0.2) is 60.7 Å². The lowest BCUT2D eigenvalue weighted by molar-refractivity contribution is -0.143. The number of rotatable bonds is 11. The molecule has 0 bridgehead atoms. The number of carbonyl (C=O) groups is 5. The van der Waals surface area contributed by atoms with Crippen LogP contribution in [0.4, 0.5) is 0 Å². The second-order valence-electron chi connectivity index (χ2n) is 11.9. The lowest BCUT2D eigenvalue weighted by Gasteiger charge is -2.32. The Hall–Kier alpha value is -4.21. The molecular weight excluding hydrogens is 546 g/mol. The quantitative estimate of drug-likeness (QED) is 0.319. The van der Waals surface area contributed by atoms with Crippen LogP contribution in [0.25, 0.3) is 0 Å². The molecule has 0 unspecified atom stereocenters. The fourth-order valence-corrected chi connectivity index (χ4v) is 6.01. The molecule has 43 heavy (non-hydrogen) atoms. The summed E-state index contributed by atoms with van der Waals surface area (Å²) >= 11 is 0. The molecule has 2 fully saturated rings. The predicted octanol–water partition coefficient (Wildman–Crippen LogP) is 2.22. The summed E-state index contributed by atoms with van der Waals surface area (Å²) in [5.74, 6) is -1.89. The Bertz CT molecular complexity index is 1290. The summed E-state index contributed by atoms with van der Waals surface area (Å²) in [5, 5.41) is 11.4. The van der Waals surface area contributed by atoms with Gasteiger partial charge < -0.3 is 26.2 Å². The van der Waals surface area contributed by atoms with Gasteiger partial charge in [0.2, 0.25) is 29.5 Å². The lowest BCUT2D eigenvalue weighted by atomic mass is 10.0. The molecule has 5 atom stereocenters. The van der Waals surface area contributed by atoms with Gasteiger partial charge in [-0.25, -0.2) is 0 Å². The van der Waals surface area contributed by atoms with Crippen LogP contribution in [0, 0.1) is 5.92 Å². The number of benzene rings is 2. The number of hydrogen-bond donors (Lipinski definition) is 4. The van der Waals surface area contributed by atoms with Gasteiger partial charge in [-0.2, -0.15) is 0 Å². The van der Waals surface area contributed by atoms with E-state index in [1.807, 2.05) is 74.5 Å². The number of amides is 5. The highest BCUT2D eigenvalue weighted by atomic mass is 16.2. The predicted molar refractivity (Wildman–Crippen MR) is 162 cm³/mol. The van der Waals surface area contributed by atoms with Gasteiger partial charge in [0, 0.05) is 25.9 Å². The zero-order chi connectivity index (χ0) is 30.9. The minimum absolute atomic E-state index is 0.106. The summed E-state index contributed by atoms with van der Waals surface area (Å²) < 4.78 is 0. The molecule has 2 aromatic carbocycles. The Morgan fingerprint density at radius 3 is 2.12 bits per heavy atom. The van der Waals surface area contributed by atoms with Crippen molar-refractivity contribution in [2.75, 3.05) is 0 Å². The minimum atomic E-state index is -0.842. The van der Waals surface area contributed by atoms with E-state index in [9.17, 15) is 24.0 Å². The molecule has 4 rings (SSSR count). The molecule has 5 amide bonds. The third-order valence-corrected chi connectivity index (χ3v) is 8.24. The molecule has 10 heteroatoms. The summed E-state index contributed by atoms with van der Waals surface area (Å²) in [6, 6.07) is 15.7. The molecule has 4 N–H and O–H groups in total. The smallest absolute Gasteiger partial charge is 0.246 e. The highest BCUT2D eigenvalue weighted by Crippen LogP contribution is 2.32. The topological polar surface area (TPSA) is 137 Å². The van der Waals surface area contributed by atoms with Gasteiger partial charge in [-0.1, -0.05) is 74.5 Å². The van der Waals surface area contributed by atoms with E-state index in [0.29, 0.717) is 32.2 Å². The second-order valence-corrected chi connectivity index (χ2v) is 11.9. The maximum Gasteiger partial charge on any atom is 0.246 e. The van der Waals surface area contributed by atoms with Gasteiger partial charge in [-0.05, 0) is 49.1 Å². The molecule has 2 aromatic rings. The molecular formula is C33H43N5O5. The number of nitrogens with zero attached hydrogens (tertiary/aromatic N) is 1. The number of carbonyl (C=O) groups excluding carboxylic acids is 5. The van der Waals surface area contributed by atoms with Gasteiger partial charge in [-0.15, -0.1) is 0 Å². The molecule has 2 saturated heterocycles. The molecule has 0 saturated carbocycles. The summed E-state index contributed by atoms with van der Waals surface area (Å²) in [5.41, 5.74) is 1.84. The third kappa shape index (κ3) is 8.43. The summed E-state index contributed by atoms with van der Waals surface area (Å²) in [6.07, 6.45) is 3.34. The van der Waals surface area contributed by atoms with Crippen molar-refractivity contribution in [3.63, 3.8) is 0 Å². The van der Waals surface area contributed by atoms with Crippen molar-refractivity contribution in [1.29, 1.82) is 0 Å². The van der Waals surface area contributed by atoms with E-state index in [0.717, 1.165) is 17.5 Å². The standard InChI is InChI=1S/C33H43N5O5/c1-21(2)29(32(42)34-20-24-13-8-5-9-14-24)37-31(41)28-18-17-25-15-10-16-26(33(43)38(25)28)36-30(40)27(35-22(3)39)19-23-11-6-4-7-12-23/h4-9,11-14,21,25-29H,10,15-20H2,1-3H3,(H,34,42)(H,35,39)(H,36,40)(H,37,41)/t25-,26-,27-,28-,29-/m0/s1. The summed E-state index contributed by atoms with van der Waals surface area (Å²) in [4.78, 5) is 67.4. The zero-order valence-electron chi connectivity index (χ0n) is 25.2. The van der Waals surface area contributed by atoms with Crippen LogP contribution in [-0.2, 0) is 36.9 Å². The van der Waals surface area contributed by atoms with Crippen molar-refractivity contribution in [3.05, 3.63) is 71.8 Å². The Kier molecular flexibility index (Phi) is 10.9. The molecule has 10 nitrogen and oxygen atoms in total. The van der Waals surface area contributed by atoms with Gasteiger partial charge in [0.05, 0.1) is 0 Å². The average molecular weight is 590 g/mol. The highest BCUT2D eigenvalue weighted by molar-refractivity contribution is 5.96. The Morgan fingerprint density at radius 2 is 1.49 bits per heavy atom. The normalized spacial score (nSPS) is 21.3. The molecule has 2 aliphatic rings. The van der Waals surface area contributed by atoms with E-state index >= 15 is 0 Å². The average Bonchev–Trinajstić information content (AvgIpc) is 3.35. The van der Waals surface area contributed by atoms with Crippen molar-refractivity contribution in [3.8, 4) is 0 Å². The fraction of sp³-hybridized carbons (Fsp3) is 0.485. The first-order chi connectivity index (χ1) is 20.6. The van der Waals surface area contributed by atoms with Crippen molar-refractivity contribution in [1.82, 2.24) is 26.2 Å². The van der Waals surface area contributed by atoms with Crippen LogP contribution >= 0.6 is 0 Å². The molecule has 0 spiro atoms. The van der Waals surface area contributed by atoms with E-state index in [-0.39, 0.29) is 42.0 Å². The Morgan fingerprint density at radius 1 is 0.837 bits per heavy atom. The van der Waals surface area contributed by atoms with Crippen LogP contribution in [0.5, 0.6) is 0 Å². The van der Waals surface area contributed by atoms with Gasteiger partial charge in [0.1, 0.15) is 24.2 Å². The SMILES string of the molecule is CC(=O)N[C@@H](Cc1ccccc1)C(=O)N[C@H]1CCC[C@H]2CC[C@@H](C(=O)N[C@H](C(=O)NCc3ccccc3)C(C)C)N2C1=O. The van der Waals surface area contributed by atoms with E-state index in [1.165, 1.54) is 6.92 Å². The fourth-order valence-electron chi connectivity index (χ4n) is 6.01. The van der Waals surface area contributed by atoms with E-state index in [4.69, 9.17) is 0 Å². The van der Waals surface area contributed by atoms with Crippen LogP contribution in [0.1, 0.15) is 64.0 Å². The van der Waals surface area contributed by atoms with Crippen LogP contribution in [-0.4, -0.2) is 64.6 Å². The number of fused-ring (bicyclic) bond motifs is 1. The molecule has 230 valence electrons. The first-order valence-electron chi connectivity index (χ1n) is 15.2. The first kappa shape index (κ1) is 31.7. The molecule has 0 radical (unpaired) electrons. The number of hydrogen-bond acceptors (Lipinski definition) is 5. The molecule has 0 aromatic heterocycles. The van der Waals surface area contributed by atoms with Gasteiger partial charge in [0.15, 0.2) is 0 Å². The van der Waals surface area contributed by atoms with Crippen LogP contribution < -0.4 is 21.3 Å². The molecule has 2 heterocycles. The highest BCUT2D eigenvalue weighted by Gasteiger charge is 2.45. The van der Waals surface area contributed by atoms with Crippen molar-refractivity contribution in [2.24, 2.45) is 5.92 Å². The lowest BCUT2D eigenvalue weighted by Crippen LogP contribution is -2.59. The first-order valence-corrected chi connectivity index (χ1v) is 15.2. The van der Waals surface area contributed by atoms with Gasteiger partial charge in [-0.3, -0.25) is 24.0 Å². The zero-order valence-corrected chi connectivity index (χ0v) is 25.2. The van der Waals surface area contributed by atoms with Gasteiger partial charge >= 0.3 is 0 Å². The molecule has 2 aliphatic heterocycles. The van der Waals surface area contributed by atoms with E-state index in [2.05, 4.69) is 21.3 Å². The number of nitrogens with one attached hydrogen (secondary N) is 4. The maximum atomic E-state index is 13.9. The largest absolute Gasteiger partial charge is 0.350 e. The minimum Gasteiger partial charge on any atom is -0.350 e. The van der Waals surface area contributed by atoms with E-state index < -0.39 is 30.1 Å². The van der Waals surface area contributed by atoms with Crippen molar-refractivity contribution in [2.45, 2.75) is 96.1 Å². The Labute approximate surface area is 253 Å². The third-order valence-electron chi connectivity index (χ3n) is 8.24. The van der Waals surface area contributed by atoms with E-state index in [1.54, 1.807) is 4.90 Å².